The SMILES string of the molecule is C#CCN1CCC(C(=O)OCC)(S(=O)(=O)c2cccc(Oc3ccccc3)c2)CC1. The summed E-state index contributed by atoms with van der Waals surface area (Å²) in [4.78, 5) is 14.9. The summed E-state index contributed by atoms with van der Waals surface area (Å²) in [5, 5.41) is 0. The monoisotopic (exact) mass is 427 g/mol. The van der Waals surface area contributed by atoms with E-state index >= 15 is 0 Å². The molecule has 0 aliphatic carbocycles. The van der Waals surface area contributed by atoms with Gasteiger partial charge in [0.2, 0.25) is 0 Å². The van der Waals surface area contributed by atoms with Crippen molar-refractivity contribution in [3.05, 3.63) is 54.6 Å². The highest BCUT2D eigenvalue weighted by Crippen LogP contribution is 2.38. The Balaban J connectivity index is 1.95. The van der Waals surface area contributed by atoms with Crippen LogP contribution in [0, 0.1) is 12.3 Å². The van der Waals surface area contributed by atoms with E-state index in [0.717, 1.165) is 0 Å². The normalized spacial score (nSPS) is 16.4. The van der Waals surface area contributed by atoms with Gasteiger partial charge in [-0.15, -0.1) is 6.42 Å². The van der Waals surface area contributed by atoms with Crippen molar-refractivity contribution in [3.8, 4) is 23.8 Å². The van der Waals surface area contributed by atoms with E-state index in [2.05, 4.69) is 5.92 Å². The lowest BCUT2D eigenvalue weighted by Gasteiger charge is -2.38. The zero-order valence-electron chi connectivity index (χ0n) is 16.9. The lowest BCUT2D eigenvalue weighted by molar-refractivity contribution is -0.147. The molecule has 7 heteroatoms. The minimum absolute atomic E-state index is 0.0365. The molecule has 1 heterocycles. The summed E-state index contributed by atoms with van der Waals surface area (Å²) in [5.41, 5.74) is 0. The molecular weight excluding hydrogens is 402 g/mol. The number of carbonyl (C=O) groups excluding carboxylic acids is 1. The van der Waals surface area contributed by atoms with Crippen LogP contribution in [0.15, 0.2) is 59.5 Å². The highest BCUT2D eigenvalue weighted by molar-refractivity contribution is 7.93. The summed E-state index contributed by atoms with van der Waals surface area (Å²) in [7, 11) is -4.03. The fourth-order valence-electron chi connectivity index (χ4n) is 3.60. The number of esters is 1. The van der Waals surface area contributed by atoms with Gasteiger partial charge in [0.1, 0.15) is 11.5 Å². The molecule has 0 radical (unpaired) electrons. The number of hydrogen-bond acceptors (Lipinski definition) is 6. The van der Waals surface area contributed by atoms with E-state index in [-0.39, 0.29) is 24.3 Å². The number of sulfone groups is 1. The van der Waals surface area contributed by atoms with Crippen molar-refractivity contribution in [1.29, 1.82) is 0 Å². The van der Waals surface area contributed by atoms with Crippen molar-refractivity contribution in [3.63, 3.8) is 0 Å². The molecule has 0 unspecified atom stereocenters. The van der Waals surface area contributed by atoms with Gasteiger partial charge in [-0.05, 0) is 50.1 Å². The number of nitrogens with zero attached hydrogens (tertiary/aromatic N) is 1. The number of hydrogen-bond donors (Lipinski definition) is 0. The van der Waals surface area contributed by atoms with Crippen molar-refractivity contribution in [2.24, 2.45) is 0 Å². The maximum Gasteiger partial charge on any atom is 0.327 e. The molecular formula is C23H25NO5S. The number of para-hydroxylation sites is 1. The Morgan fingerprint density at radius 3 is 2.40 bits per heavy atom. The number of benzene rings is 2. The second-order valence-corrected chi connectivity index (χ2v) is 9.35. The van der Waals surface area contributed by atoms with Crippen LogP contribution in [0.3, 0.4) is 0 Å². The van der Waals surface area contributed by atoms with Gasteiger partial charge in [0.25, 0.3) is 0 Å². The highest BCUT2D eigenvalue weighted by Gasteiger charge is 2.54. The summed E-state index contributed by atoms with van der Waals surface area (Å²) in [6.07, 6.45) is 5.63. The molecule has 0 bridgehead atoms. The van der Waals surface area contributed by atoms with Gasteiger partial charge in [0.05, 0.1) is 18.0 Å². The number of ether oxygens (including phenoxy) is 2. The van der Waals surface area contributed by atoms with Crippen LogP contribution in [-0.2, 0) is 19.4 Å². The summed E-state index contributed by atoms with van der Waals surface area (Å²) in [5.74, 6) is 2.83. The molecule has 3 rings (SSSR count). The van der Waals surface area contributed by atoms with Gasteiger partial charge in [-0.1, -0.05) is 30.2 Å². The molecule has 0 saturated carbocycles. The van der Waals surface area contributed by atoms with Crippen LogP contribution in [0.4, 0.5) is 0 Å². The maximum absolute atomic E-state index is 13.7. The van der Waals surface area contributed by atoms with Gasteiger partial charge in [0.15, 0.2) is 14.6 Å². The summed E-state index contributed by atoms with van der Waals surface area (Å²) in [6, 6.07) is 15.3. The average Bonchev–Trinajstić information content (AvgIpc) is 2.75. The predicted octanol–water partition coefficient (Wildman–Crippen LogP) is 3.28. The van der Waals surface area contributed by atoms with Crippen LogP contribution < -0.4 is 4.74 Å². The van der Waals surface area contributed by atoms with Gasteiger partial charge in [0, 0.05) is 13.1 Å². The van der Waals surface area contributed by atoms with Gasteiger partial charge < -0.3 is 9.47 Å². The molecule has 158 valence electrons. The highest BCUT2D eigenvalue weighted by atomic mass is 32.2. The second kappa shape index (κ2) is 9.33. The molecule has 0 amide bonds. The van der Waals surface area contributed by atoms with Crippen molar-refractivity contribution < 1.29 is 22.7 Å². The molecule has 1 saturated heterocycles. The van der Waals surface area contributed by atoms with Crippen LogP contribution in [-0.4, -0.2) is 50.3 Å². The summed E-state index contributed by atoms with van der Waals surface area (Å²) < 4.78 is 36.7. The Labute approximate surface area is 177 Å². The summed E-state index contributed by atoms with van der Waals surface area (Å²) >= 11 is 0. The van der Waals surface area contributed by atoms with Crippen LogP contribution in [0.2, 0.25) is 0 Å². The third-order valence-electron chi connectivity index (χ3n) is 5.24. The van der Waals surface area contributed by atoms with Gasteiger partial charge in [-0.25, -0.2) is 8.42 Å². The Morgan fingerprint density at radius 1 is 1.10 bits per heavy atom. The van der Waals surface area contributed by atoms with Crippen LogP contribution >= 0.6 is 0 Å². The minimum atomic E-state index is -4.03. The molecule has 1 fully saturated rings. The van der Waals surface area contributed by atoms with E-state index in [9.17, 15) is 13.2 Å². The van der Waals surface area contributed by atoms with Crippen LogP contribution in [0.25, 0.3) is 0 Å². The molecule has 1 aliphatic rings. The Morgan fingerprint density at radius 2 is 1.77 bits per heavy atom. The summed E-state index contributed by atoms with van der Waals surface area (Å²) in [6.45, 7) is 3.01. The first kappa shape index (κ1) is 21.9. The first-order valence-electron chi connectivity index (χ1n) is 9.83. The smallest absolute Gasteiger partial charge is 0.327 e. The Kier molecular flexibility index (Phi) is 6.80. The van der Waals surface area contributed by atoms with Crippen LogP contribution in [0.1, 0.15) is 19.8 Å². The first-order chi connectivity index (χ1) is 14.4. The zero-order valence-corrected chi connectivity index (χ0v) is 17.7. The quantitative estimate of drug-likeness (QED) is 0.499. The Bertz CT molecular complexity index is 1020. The Hall–Kier alpha value is -2.82. The lowest BCUT2D eigenvalue weighted by atomic mass is 9.95. The first-order valence-corrected chi connectivity index (χ1v) is 11.3. The largest absolute Gasteiger partial charge is 0.465 e. The molecule has 1 aliphatic heterocycles. The fraction of sp³-hybridized carbons (Fsp3) is 0.348. The van der Waals surface area contributed by atoms with Crippen molar-refractivity contribution in [1.82, 2.24) is 4.90 Å². The molecule has 6 nitrogen and oxygen atoms in total. The van der Waals surface area contributed by atoms with E-state index in [1.54, 1.807) is 31.2 Å². The van der Waals surface area contributed by atoms with Gasteiger partial charge >= 0.3 is 5.97 Å². The van der Waals surface area contributed by atoms with Crippen molar-refractivity contribution >= 4 is 15.8 Å². The molecule has 0 spiro atoms. The minimum Gasteiger partial charge on any atom is -0.465 e. The molecule has 2 aromatic carbocycles. The third kappa shape index (κ3) is 4.35. The fourth-order valence-corrected chi connectivity index (χ4v) is 5.58. The number of carbonyl (C=O) groups is 1. The lowest BCUT2D eigenvalue weighted by Crippen LogP contribution is -2.55. The molecule has 0 N–H and O–H groups in total. The van der Waals surface area contributed by atoms with E-state index in [1.807, 2.05) is 23.1 Å². The van der Waals surface area contributed by atoms with E-state index < -0.39 is 20.6 Å². The predicted molar refractivity (Wildman–Crippen MR) is 114 cm³/mol. The van der Waals surface area contributed by atoms with Crippen molar-refractivity contribution in [2.45, 2.75) is 29.4 Å². The average molecular weight is 428 g/mol. The number of terminal acetylenes is 1. The number of rotatable bonds is 7. The molecule has 0 atom stereocenters. The van der Waals surface area contributed by atoms with E-state index in [1.165, 1.54) is 12.1 Å². The second-order valence-electron chi connectivity index (χ2n) is 7.09. The topological polar surface area (TPSA) is 72.9 Å². The molecule has 2 aromatic rings. The number of likely N-dealkylation sites (tertiary alicyclic amines) is 1. The van der Waals surface area contributed by atoms with Crippen molar-refractivity contribution in [2.75, 3.05) is 26.2 Å². The number of piperidine rings is 1. The maximum atomic E-state index is 13.7. The third-order valence-corrected chi connectivity index (χ3v) is 7.71. The van der Waals surface area contributed by atoms with E-state index in [0.29, 0.717) is 31.1 Å². The molecule has 0 aromatic heterocycles. The zero-order chi connectivity index (χ0) is 21.6. The molecule has 30 heavy (non-hydrogen) atoms. The van der Waals surface area contributed by atoms with Gasteiger partial charge in [-0.3, -0.25) is 9.69 Å². The van der Waals surface area contributed by atoms with Gasteiger partial charge in [-0.2, -0.15) is 0 Å². The standard InChI is InChI=1S/C23H25NO5S/c1-3-15-24-16-13-23(14-17-24,22(25)28-4-2)30(26,27)21-12-8-11-20(18-21)29-19-9-6-5-7-10-19/h1,5-12,18H,4,13-17H2,2H3. The van der Waals surface area contributed by atoms with Crippen LogP contribution in [0.5, 0.6) is 11.5 Å². The van der Waals surface area contributed by atoms with E-state index in [4.69, 9.17) is 15.9 Å².